The minimum atomic E-state index is -4.06. The smallest absolute Gasteiger partial charge is 0.426 e. The molecule has 3 aromatic carbocycles. The average molecular weight is 394 g/mol. The number of phosphoric acid groups is 1. The highest BCUT2D eigenvalue weighted by atomic mass is 31.2. The summed E-state index contributed by atoms with van der Waals surface area (Å²) in [7, 11) is -4.06. The second-order valence-electron chi connectivity index (χ2n) is 6.12. The third-order valence-electron chi connectivity index (χ3n) is 4.03. The van der Waals surface area contributed by atoms with E-state index in [2.05, 4.69) is 0 Å². The number of hydrogen-bond acceptors (Lipinski definition) is 5. The Labute approximate surface area is 163 Å². The maximum absolute atomic E-state index is 13.5. The lowest BCUT2D eigenvalue weighted by atomic mass is 10.1. The molecule has 0 fully saturated rings. The van der Waals surface area contributed by atoms with Gasteiger partial charge in [-0.25, -0.2) is 0 Å². The summed E-state index contributed by atoms with van der Waals surface area (Å²) in [5.41, 5.74) is 1.06. The molecular formula is C22H19O5P. The molecule has 28 heavy (non-hydrogen) atoms. The Kier molecular flexibility index (Phi) is 5.36. The van der Waals surface area contributed by atoms with Gasteiger partial charge in [-0.2, -0.15) is 4.57 Å². The third kappa shape index (κ3) is 4.56. The van der Waals surface area contributed by atoms with E-state index in [0.717, 1.165) is 12.0 Å². The Hall–Kier alpha value is -3.17. The van der Waals surface area contributed by atoms with Gasteiger partial charge in [0.15, 0.2) is 0 Å². The van der Waals surface area contributed by atoms with Crippen LogP contribution >= 0.6 is 7.82 Å². The van der Waals surface area contributed by atoms with E-state index in [9.17, 15) is 4.57 Å². The van der Waals surface area contributed by atoms with Gasteiger partial charge in [-0.1, -0.05) is 54.6 Å². The molecule has 0 aliphatic carbocycles. The summed E-state index contributed by atoms with van der Waals surface area (Å²) < 4.78 is 36.2. The fourth-order valence-electron chi connectivity index (χ4n) is 2.75. The van der Waals surface area contributed by atoms with Crippen molar-refractivity contribution in [3.05, 3.63) is 103 Å². The van der Waals surface area contributed by atoms with Gasteiger partial charge in [-0.3, -0.25) is 0 Å². The van der Waals surface area contributed by atoms with Crippen LogP contribution in [0.3, 0.4) is 0 Å². The monoisotopic (exact) mass is 394 g/mol. The van der Waals surface area contributed by atoms with Gasteiger partial charge in [0.25, 0.3) is 5.95 Å². The average Bonchev–Trinajstić information content (AvgIpc) is 2.90. The molecule has 1 heterocycles. The number of fused-ring (bicyclic) bond motifs is 1. The number of ether oxygens (including phenoxy) is 1. The molecule has 3 aromatic rings. The first-order valence-electron chi connectivity index (χ1n) is 8.95. The minimum absolute atomic E-state index is 0.0974. The van der Waals surface area contributed by atoms with E-state index in [1.807, 2.05) is 36.4 Å². The summed E-state index contributed by atoms with van der Waals surface area (Å²) in [5.74, 6) is 1.50. The van der Waals surface area contributed by atoms with Crippen LogP contribution in [0.15, 0.2) is 97.0 Å². The molecule has 0 spiro atoms. The van der Waals surface area contributed by atoms with Crippen molar-refractivity contribution in [2.75, 3.05) is 0 Å². The van der Waals surface area contributed by atoms with E-state index in [1.54, 1.807) is 54.6 Å². The van der Waals surface area contributed by atoms with Crippen LogP contribution in [0.2, 0.25) is 0 Å². The highest BCUT2D eigenvalue weighted by Gasteiger charge is 2.35. The van der Waals surface area contributed by atoms with Crippen LogP contribution in [-0.4, -0.2) is 0 Å². The summed E-state index contributed by atoms with van der Waals surface area (Å²) >= 11 is 0. The van der Waals surface area contributed by atoms with Crippen molar-refractivity contribution in [3.8, 4) is 17.2 Å². The number of hydrogen-bond donors (Lipinski definition) is 0. The largest absolute Gasteiger partial charge is 0.649 e. The Morgan fingerprint density at radius 2 is 1.29 bits per heavy atom. The lowest BCUT2D eigenvalue weighted by Gasteiger charge is -2.20. The normalized spacial score (nSPS) is 13.4. The first-order chi connectivity index (χ1) is 13.7. The van der Waals surface area contributed by atoms with Crippen LogP contribution in [0, 0.1) is 0 Å². The fourth-order valence-corrected chi connectivity index (χ4v) is 3.95. The van der Waals surface area contributed by atoms with Crippen molar-refractivity contribution in [2.45, 2.75) is 12.8 Å². The summed E-state index contributed by atoms with van der Waals surface area (Å²) in [5, 5.41) is 0. The molecule has 1 aliphatic rings. The third-order valence-corrected chi connectivity index (χ3v) is 5.30. The Balaban J connectivity index is 1.60. The van der Waals surface area contributed by atoms with Crippen molar-refractivity contribution in [1.82, 2.24) is 0 Å². The quantitative estimate of drug-likeness (QED) is 0.470. The van der Waals surface area contributed by atoms with Gasteiger partial charge in [0.05, 0.1) is 0 Å². The molecule has 0 amide bonds. The van der Waals surface area contributed by atoms with E-state index in [1.165, 1.54) is 0 Å². The van der Waals surface area contributed by atoms with Gasteiger partial charge in [0.1, 0.15) is 17.2 Å². The van der Waals surface area contributed by atoms with Crippen molar-refractivity contribution < 1.29 is 22.9 Å². The molecule has 0 atom stereocenters. The first-order valence-corrected chi connectivity index (χ1v) is 10.4. The topological polar surface area (TPSA) is 54.0 Å². The molecule has 4 rings (SSSR count). The van der Waals surface area contributed by atoms with Gasteiger partial charge < -0.3 is 18.3 Å². The highest BCUT2D eigenvalue weighted by Crippen LogP contribution is 2.51. The number of benzene rings is 3. The lowest BCUT2D eigenvalue weighted by Crippen LogP contribution is -2.08. The molecule has 0 aromatic heterocycles. The van der Waals surface area contributed by atoms with Crippen molar-refractivity contribution in [3.63, 3.8) is 0 Å². The Morgan fingerprint density at radius 3 is 1.93 bits per heavy atom. The highest BCUT2D eigenvalue weighted by molar-refractivity contribution is 7.49. The van der Waals surface area contributed by atoms with E-state index in [0.29, 0.717) is 23.7 Å². The van der Waals surface area contributed by atoms with Gasteiger partial charge in [-0.15, -0.1) is 0 Å². The van der Waals surface area contributed by atoms with Gasteiger partial charge >= 0.3 is 7.82 Å². The second-order valence-corrected chi connectivity index (χ2v) is 7.56. The fraction of sp³-hybridized carbons (Fsp3) is 0.0909. The predicted octanol–water partition coefficient (Wildman–Crippen LogP) is 6.14. The van der Waals surface area contributed by atoms with E-state index in [-0.39, 0.29) is 5.95 Å². The van der Waals surface area contributed by atoms with Gasteiger partial charge in [0, 0.05) is 0 Å². The van der Waals surface area contributed by atoms with Gasteiger partial charge in [0.2, 0.25) is 0 Å². The zero-order valence-corrected chi connectivity index (χ0v) is 16.0. The molecule has 0 radical (unpaired) electrons. The number of phosphoric ester groups is 1. The van der Waals surface area contributed by atoms with Crippen LogP contribution in [0.5, 0.6) is 17.2 Å². The zero-order chi connectivity index (χ0) is 19.2. The van der Waals surface area contributed by atoms with Crippen LogP contribution < -0.4 is 13.8 Å². The maximum atomic E-state index is 13.5. The molecule has 1 aliphatic heterocycles. The maximum Gasteiger partial charge on any atom is 0.649 e. The molecule has 0 bridgehead atoms. The minimum Gasteiger partial charge on any atom is -0.426 e. The molecular weight excluding hydrogens is 375 g/mol. The second kappa shape index (κ2) is 8.24. The molecule has 6 heteroatoms. The van der Waals surface area contributed by atoms with E-state index in [4.69, 9.17) is 18.3 Å². The van der Waals surface area contributed by atoms with E-state index < -0.39 is 7.82 Å². The SMILES string of the molecule is O=P(OC1=CCCc2ccccc2O1)(Oc1ccccc1)Oc1ccccc1. The molecule has 0 unspecified atom stereocenters. The number of rotatable bonds is 6. The summed E-state index contributed by atoms with van der Waals surface area (Å²) in [6, 6.07) is 25.2. The predicted molar refractivity (Wildman–Crippen MR) is 106 cm³/mol. The first kappa shape index (κ1) is 18.2. The summed E-state index contributed by atoms with van der Waals surface area (Å²) in [6.45, 7) is 0. The summed E-state index contributed by atoms with van der Waals surface area (Å²) in [4.78, 5) is 0. The van der Waals surface area contributed by atoms with Crippen molar-refractivity contribution in [1.29, 1.82) is 0 Å². The summed E-state index contributed by atoms with van der Waals surface area (Å²) in [6.07, 6.45) is 3.23. The van der Waals surface area contributed by atoms with Crippen LogP contribution in [0.25, 0.3) is 0 Å². The zero-order valence-electron chi connectivity index (χ0n) is 15.1. The molecule has 5 nitrogen and oxygen atoms in total. The molecule has 0 N–H and O–H groups in total. The molecule has 142 valence electrons. The van der Waals surface area contributed by atoms with Crippen LogP contribution in [-0.2, 0) is 15.5 Å². The lowest BCUT2D eigenvalue weighted by molar-refractivity contribution is 0.173. The van der Waals surface area contributed by atoms with Crippen molar-refractivity contribution in [2.24, 2.45) is 0 Å². The number of para-hydroxylation sites is 3. The van der Waals surface area contributed by atoms with Crippen molar-refractivity contribution >= 4 is 7.82 Å². The number of allylic oxidation sites excluding steroid dienone is 1. The van der Waals surface area contributed by atoms with Gasteiger partial charge in [-0.05, 0) is 54.8 Å². The Morgan fingerprint density at radius 1 is 0.714 bits per heavy atom. The standard InChI is InChI=1S/C22H19O5P/c23-28(25-19-12-3-1-4-13-19,26-20-14-5-2-6-15-20)27-22-17-9-11-18-10-7-8-16-21(18)24-22/h1-8,10,12-17H,9,11H2. The molecule has 0 saturated carbocycles. The van der Waals surface area contributed by atoms with Crippen LogP contribution in [0.1, 0.15) is 12.0 Å². The Bertz CT molecular complexity index is 956. The van der Waals surface area contributed by atoms with E-state index >= 15 is 0 Å². The number of aryl methyl sites for hydroxylation is 1. The molecule has 0 saturated heterocycles. The van der Waals surface area contributed by atoms with Crippen LogP contribution in [0.4, 0.5) is 0 Å².